The lowest BCUT2D eigenvalue weighted by molar-refractivity contribution is -0.142. The molecule has 1 unspecified atom stereocenters. The summed E-state index contributed by atoms with van der Waals surface area (Å²) < 4.78 is 28.3. The molecule has 3 N–H and O–H groups in total. The number of pyridine rings is 1. The van der Waals surface area contributed by atoms with Gasteiger partial charge < -0.3 is 25.4 Å². The number of alkyl halides is 2. The zero-order valence-corrected chi connectivity index (χ0v) is 18.0. The van der Waals surface area contributed by atoms with Crippen molar-refractivity contribution >= 4 is 40.7 Å². The summed E-state index contributed by atoms with van der Waals surface area (Å²) in [5.74, 6) is -7.49. The van der Waals surface area contributed by atoms with Gasteiger partial charge in [-0.3, -0.25) is 24.2 Å². The number of aromatic nitrogens is 1. The summed E-state index contributed by atoms with van der Waals surface area (Å²) >= 11 is 0. The number of rotatable bonds is 8. The molecule has 2 aromatic rings. The van der Waals surface area contributed by atoms with Crippen molar-refractivity contribution in [3.63, 3.8) is 0 Å². The van der Waals surface area contributed by atoms with E-state index in [9.17, 15) is 32.8 Å². The van der Waals surface area contributed by atoms with Gasteiger partial charge in [-0.2, -0.15) is 0 Å². The molecular weight excluding hydrogens is 454 g/mol. The van der Waals surface area contributed by atoms with E-state index in [0.29, 0.717) is 10.3 Å². The van der Waals surface area contributed by atoms with Gasteiger partial charge in [0.15, 0.2) is 0 Å². The van der Waals surface area contributed by atoms with Gasteiger partial charge in [0.25, 0.3) is 11.8 Å². The Labute approximate surface area is 192 Å². The van der Waals surface area contributed by atoms with Crippen LogP contribution in [0.15, 0.2) is 36.5 Å². The number of likely N-dealkylation sites (tertiary alicyclic amines) is 1. The SMILES string of the molecule is C[C@H](NC(=O)c1nccc2ccccc12)C(=O)N1CC(F)(F)CC1C(=O)N[C@H](C=O)CC(=O)O. The topological polar surface area (TPSA) is 146 Å². The number of halogens is 2. The number of nitrogens with one attached hydrogen (secondary N) is 2. The highest BCUT2D eigenvalue weighted by molar-refractivity contribution is 6.06. The first-order valence-electron chi connectivity index (χ1n) is 10.3. The number of aliphatic carboxylic acids is 1. The predicted octanol–water partition coefficient (Wildman–Crippen LogP) is 0.748. The molecule has 3 rings (SSSR count). The Balaban J connectivity index is 1.75. The normalized spacial score (nSPS) is 18.7. The summed E-state index contributed by atoms with van der Waals surface area (Å²) in [6, 6.07) is 4.27. The summed E-state index contributed by atoms with van der Waals surface area (Å²) in [4.78, 5) is 64.7. The van der Waals surface area contributed by atoms with Crippen LogP contribution < -0.4 is 10.6 Å². The number of aldehydes is 1. The van der Waals surface area contributed by atoms with Crippen LogP contribution >= 0.6 is 0 Å². The van der Waals surface area contributed by atoms with Crippen LogP contribution in [-0.2, 0) is 19.2 Å². The maximum absolute atomic E-state index is 14.1. The van der Waals surface area contributed by atoms with Gasteiger partial charge in [-0.15, -0.1) is 0 Å². The molecule has 1 aliphatic heterocycles. The predicted molar refractivity (Wildman–Crippen MR) is 114 cm³/mol. The number of hydrogen-bond acceptors (Lipinski definition) is 6. The molecule has 0 spiro atoms. The molecule has 0 saturated carbocycles. The third-order valence-corrected chi connectivity index (χ3v) is 5.35. The lowest BCUT2D eigenvalue weighted by Gasteiger charge is -2.27. The molecule has 1 saturated heterocycles. The fourth-order valence-corrected chi connectivity index (χ4v) is 3.76. The van der Waals surface area contributed by atoms with E-state index < -0.39 is 67.1 Å². The van der Waals surface area contributed by atoms with Gasteiger partial charge in [-0.25, -0.2) is 8.78 Å². The molecule has 0 bridgehead atoms. The number of carbonyl (C=O) groups is 5. The highest BCUT2D eigenvalue weighted by Crippen LogP contribution is 2.32. The second-order valence-electron chi connectivity index (χ2n) is 7.97. The minimum absolute atomic E-state index is 0.0429. The number of carboxylic acid groups (broad SMARTS) is 1. The van der Waals surface area contributed by atoms with E-state index in [4.69, 9.17) is 5.11 Å². The van der Waals surface area contributed by atoms with E-state index in [1.54, 1.807) is 30.3 Å². The molecule has 3 amide bonds. The Morgan fingerprint density at radius 3 is 2.62 bits per heavy atom. The van der Waals surface area contributed by atoms with Crippen LogP contribution in [0.5, 0.6) is 0 Å². The molecule has 180 valence electrons. The zero-order valence-electron chi connectivity index (χ0n) is 18.0. The Morgan fingerprint density at radius 1 is 1.24 bits per heavy atom. The number of carboxylic acids is 1. The summed E-state index contributed by atoms with van der Waals surface area (Å²) in [6.07, 6.45) is -0.150. The van der Waals surface area contributed by atoms with E-state index in [2.05, 4.69) is 15.6 Å². The average molecular weight is 476 g/mol. The van der Waals surface area contributed by atoms with Crippen LogP contribution in [0.3, 0.4) is 0 Å². The summed E-state index contributed by atoms with van der Waals surface area (Å²) in [6.45, 7) is 0.219. The van der Waals surface area contributed by atoms with Gasteiger partial charge in [0.1, 0.15) is 24.1 Å². The standard InChI is InChI=1S/C22H22F2N4O6/c1-12(26-20(33)18-15-5-3-2-4-13(15)6-7-25-18)21(34)28-11-22(23,24)9-16(28)19(32)27-14(10-29)8-17(30)31/h2-7,10,12,14,16H,8-9,11H2,1H3,(H,26,33)(H,27,32)(H,30,31)/t12-,14-,16?/m0/s1. The highest BCUT2D eigenvalue weighted by atomic mass is 19.3. The van der Waals surface area contributed by atoms with Gasteiger partial charge in [-0.1, -0.05) is 24.3 Å². The number of hydrogen-bond donors (Lipinski definition) is 3. The Morgan fingerprint density at radius 2 is 1.94 bits per heavy atom. The number of amides is 3. The summed E-state index contributed by atoms with van der Waals surface area (Å²) in [5.41, 5.74) is 0.0429. The molecule has 10 nitrogen and oxygen atoms in total. The molecule has 1 aromatic heterocycles. The molecule has 2 heterocycles. The minimum atomic E-state index is -3.39. The molecule has 1 aromatic carbocycles. The maximum Gasteiger partial charge on any atom is 0.305 e. The van der Waals surface area contributed by atoms with E-state index in [-0.39, 0.29) is 12.0 Å². The third-order valence-electron chi connectivity index (χ3n) is 5.35. The first-order chi connectivity index (χ1) is 16.0. The Kier molecular flexibility index (Phi) is 7.18. The van der Waals surface area contributed by atoms with Crippen molar-refractivity contribution in [3.8, 4) is 0 Å². The van der Waals surface area contributed by atoms with Crippen molar-refractivity contribution < 1.29 is 37.9 Å². The molecule has 0 radical (unpaired) electrons. The van der Waals surface area contributed by atoms with E-state index in [1.807, 2.05) is 0 Å². The molecule has 12 heteroatoms. The first kappa shape index (κ1) is 24.7. The summed E-state index contributed by atoms with van der Waals surface area (Å²) in [7, 11) is 0. The summed E-state index contributed by atoms with van der Waals surface area (Å²) in [5, 5.41) is 14.6. The van der Waals surface area contributed by atoms with Crippen molar-refractivity contribution in [3.05, 3.63) is 42.2 Å². The van der Waals surface area contributed by atoms with Crippen molar-refractivity contribution in [2.45, 2.75) is 43.8 Å². The van der Waals surface area contributed by atoms with Crippen molar-refractivity contribution in [2.75, 3.05) is 6.54 Å². The molecule has 1 fully saturated rings. The number of carbonyl (C=O) groups excluding carboxylic acids is 4. The van der Waals surface area contributed by atoms with Gasteiger partial charge in [0.2, 0.25) is 11.8 Å². The van der Waals surface area contributed by atoms with Crippen molar-refractivity contribution in [1.29, 1.82) is 0 Å². The highest BCUT2D eigenvalue weighted by Gasteiger charge is 2.51. The van der Waals surface area contributed by atoms with Crippen molar-refractivity contribution in [1.82, 2.24) is 20.5 Å². The van der Waals surface area contributed by atoms with E-state index in [0.717, 1.165) is 5.39 Å². The largest absolute Gasteiger partial charge is 0.481 e. The molecule has 3 atom stereocenters. The fraction of sp³-hybridized carbons (Fsp3) is 0.364. The third kappa shape index (κ3) is 5.50. The molecule has 1 aliphatic rings. The fourth-order valence-electron chi connectivity index (χ4n) is 3.76. The minimum Gasteiger partial charge on any atom is -0.481 e. The van der Waals surface area contributed by atoms with Crippen LogP contribution in [0, 0.1) is 0 Å². The van der Waals surface area contributed by atoms with Crippen molar-refractivity contribution in [2.24, 2.45) is 0 Å². The number of benzene rings is 1. The van der Waals surface area contributed by atoms with Crippen LogP contribution in [0.4, 0.5) is 8.78 Å². The number of fused-ring (bicyclic) bond motifs is 1. The molecule has 0 aliphatic carbocycles. The number of nitrogens with zero attached hydrogens (tertiary/aromatic N) is 2. The van der Waals surface area contributed by atoms with Crippen LogP contribution in [0.25, 0.3) is 10.8 Å². The smallest absolute Gasteiger partial charge is 0.305 e. The Bertz CT molecular complexity index is 1140. The van der Waals surface area contributed by atoms with Crippen LogP contribution in [0.1, 0.15) is 30.3 Å². The van der Waals surface area contributed by atoms with Gasteiger partial charge in [0.05, 0.1) is 19.0 Å². The maximum atomic E-state index is 14.1. The van der Waals surface area contributed by atoms with Crippen LogP contribution in [-0.4, -0.2) is 75.6 Å². The second kappa shape index (κ2) is 9.89. The van der Waals surface area contributed by atoms with Crippen LogP contribution in [0.2, 0.25) is 0 Å². The first-order valence-corrected chi connectivity index (χ1v) is 10.3. The quantitative estimate of drug-likeness (QED) is 0.477. The Hall–Kier alpha value is -3.96. The average Bonchev–Trinajstić information content (AvgIpc) is 3.12. The van der Waals surface area contributed by atoms with E-state index >= 15 is 0 Å². The van der Waals surface area contributed by atoms with Gasteiger partial charge in [0, 0.05) is 18.0 Å². The molecular formula is C22H22F2N4O6. The zero-order chi connectivity index (χ0) is 25.0. The van der Waals surface area contributed by atoms with Gasteiger partial charge >= 0.3 is 5.97 Å². The second-order valence-corrected chi connectivity index (χ2v) is 7.97. The lowest BCUT2D eigenvalue weighted by Crippen LogP contribution is -2.54. The van der Waals surface area contributed by atoms with E-state index in [1.165, 1.54) is 13.1 Å². The molecule has 34 heavy (non-hydrogen) atoms. The lowest BCUT2D eigenvalue weighted by atomic mass is 10.1. The van der Waals surface area contributed by atoms with Gasteiger partial charge in [-0.05, 0) is 18.4 Å². The monoisotopic (exact) mass is 476 g/mol.